The number of pyridine rings is 1. The molecule has 0 saturated carbocycles. The molecular weight excluding hydrogens is 240 g/mol. The van der Waals surface area contributed by atoms with Gasteiger partial charge in [-0.3, -0.25) is 4.98 Å². The number of hydrogen-bond acceptors (Lipinski definition) is 2. The zero-order valence-electron chi connectivity index (χ0n) is 9.17. The number of carboxylic acid groups (broad SMARTS) is 1. The number of aromatic carboxylic acids is 1. The van der Waals surface area contributed by atoms with Crippen LogP contribution < -0.4 is 0 Å². The Morgan fingerprint density at radius 2 is 2.12 bits per heavy atom. The first kappa shape index (κ1) is 11.7. The van der Waals surface area contributed by atoms with Gasteiger partial charge < -0.3 is 9.67 Å². The van der Waals surface area contributed by atoms with Crippen molar-refractivity contribution < 1.29 is 9.90 Å². The SMILES string of the molecule is CC(c1ccncc1)n1cc(Cl)cc1C(=O)O. The minimum absolute atomic E-state index is 0.100. The number of rotatable bonds is 3. The normalized spacial score (nSPS) is 12.4. The summed E-state index contributed by atoms with van der Waals surface area (Å²) in [6.07, 6.45) is 4.98. The van der Waals surface area contributed by atoms with E-state index in [0.29, 0.717) is 5.02 Å². The van der Waals surface area contributed by atoms with Gasteiger partial charge in [0.15, 0.2) is 0 Å². The lowest BCUT2D eigenvalue weighted by Gasteiger charge is -2.15. The van der Waals surface area contributed by atoms with Crippen molar-refractivity contribution in [2.24, 2.45) is 0 Å². The lowest BCUT2D eigenvalue weighted by molar-refractivity contribution is 0.0684. The van der Waals surface area contributed by atoms with Gasteiger partial charge in [-0.1, -0.05) is 11.6 Å². The van der Waals surface area contributed by atoms with Crippen LogP contribution in [0.2, 0.25) is 5.02 Å². The summed E-state index contributed by atoms with van der Waals surface area (Å²) in [5, 5.41) is 9.50. The maximum Gasteiger partial charge on any atom is 0.352 e. The molecule has 0 spiro atoms. The van der Waals surface area contributed by atoms with Crippen LogP contribution in [0.5, 0.6) is 0 Å². The van der Waals surface area contributed by atoms with Gasteiger partial charge in [0.05, 0.1) is 11.1 Å². The highest BCUT2D eigenvalue weighted by Gasteiger charge is 2.17. The van der Waals surface area contributed by atoms with Gasteiger partial charge in [0.2, 0.25) is 0 Å². The first-order valence-corrected chi connectivity index (χ1v) is 5.48. The van der Waals surface area contributed by atoms with Crippen molar-refractivity contribution in [2.75, 3.05) is 0 Å². The lowest BCUT2D eigenvalue weighted by Crippen LogP contribution is -2.12. The van der Waals surface area contributed by atoms with E-state index in [1.54, 1.807) is 23.2 Å². The fraction of sp³-hybridized carbons (Fsp3) is 0.167. The molecule has 4 nitrogen and oxygen atoms in total. The molecule has 0 aromatic carbocycles. The second-order valence-corrected chi connectivity index (χ2v) is 4.15. The number of carboxylic acids is 1. The highest BCUT2D eigenvalue weighted by atomic mass is 35.5. The predicted molar refractivity (Wildman–Crippen MR) is 64.5 cm³/mol. The zero-order valence-corrected chi connectivity index (χ0v) is 9.93. The number of nitrogens with zero attached hydrogens (tertiary/aromatic N) is 2. The Morgan fingerprint density at radius 3 is 2.71 bits per heavy atom. The highest BCUT2D eigenvalue weighted by molar-refractivity contribution is 6.30. The summed E-state index contributed by atoms with van der Waals surface area (Å²) < 4.78 is 1.64. The van der Waals surface area contributed by atoms with E-state index in [-0.39, 0.29) is 11.7 Å². The van der Waals surface area contributed by atoms with Gasteiger partial charge in [-0.05, 0) is 30.7 Å². The summed E-state index contributed by atoms with van der Waals surface area (Å²) >= 11 is 5.84. The van der Waals surface area contributed by atoms with Crippen molar-refractivity contribution in [1.29, 1.82) is 0 Å². The van der Waals surface area contributed by atoms with Crippen LogP contribution >= 0.6 is 11.6 Å². The Kier molecular flexibility index (Phi) is 3.15. The van der Waals surface area contributed by atoms with Gasteiger partial charge in [-0.2, -0.15) is 0 Å². The molecule has 0 aliphatic heterocycles. The van der Waals surface area contributed by atoms with Gasteiger partial charge in [0.1, 0.15) is 5.69 Å². The summed E-state index contributed by atoms with van der Waals surface area (Å²) in [7, 11) is 0. The molecule has 0 bridgehead atoms. The minimum atomic E-state index is -0.988. The van der Waals surface area contributed by atoms with Gasteiger partial charge in [0, 0.05) is 18.6 Å². The maximum absolute atomic E-state index is 11.1. The molecule has 88 valence electrons. The molecule has 5 heteroatoms. The van der Waals surface area contributed by atoms with E-state index in [9.17, 15) is 4.79 Å². The Bertz CT molecular complexity index is 537. The van der Waals surface area contributed by atoms with Gasteiger partial charge >= 0.3 is 5.97 Å². The van der Waals surface area contributed by atoms with E-state index in [4.69, 9.17) is 16.7 Å². The summed E-state index contributed by atoms with van der Waals surface area (Å²) in [4.78, 5) is 15.0. The molecule has 2 aromatic heterocycles. The summed E-state index contributed by atoms with van der Waals surface area (Å²) in [5.41, 5.74) is 1.16. The van der Waals surface area contributed by atoms with Crippen LogP contribution in [-0.2, 0) is 0 Å². The molecular formula is C12H11ClN2O2. The Hall–Kier alpha value is -1.81. The monoisotopic (exact) mass is 250 g/mol. The second-order valence-electron chi connectivity index (χ2n) is 3.71. The molecule has 17 heavy (non-hydrogen) atoms. The van der Waals surface area contributed by atoms with Crippen LogP contribution in [0.4, 0.5) is 0 Å². The van der Waals surface area contributed by atoms with Crippen molar-refractivity contribution in [3.8, 4) is 0 Å². The molecule has 0 saturated heterocycles. The summed E-state index contributed by atoms with van der Waals surface area (Å²) in [6.45, 7) is 1.91. The van der Waals surface area contributed by atoms with Crippen LogP contribution in [0.25, 0.3) is 0 Å². The maximum atomic E-state index is 11.1. The Balaban J connectivity index is 2.44. The molecule has 0 aliphatic rings. The molecule has 1 unspecified atom stereocenters. The Labute approximate surface area is 103 Å². The molecule has 1 atom stereocenters. The largest absolute Gasteiger partial charge is 0.477 e. The van der Waals surface area contributed by atoms with Crippen LogP contribution in [0.1, 0.15) is 29.0 Å². The van der Waals surface area contributed by atoms with Crippen molar-refractivity contribution in [2.45, 2.75) is 13.0 Å². The fourth-order valence-corrected chi connectivity index (χ4v) is 1.95. The average Bonchev–Trinajstić information content (AvgIpc) is 2.72. The quantitative estimate of drug-likeness (QED) is 0.911. The van der Waals surface area contributed by atoms with Crippen molar-refractivity contribution in [3.63, 3.8) is 0 Å². The number of halogens is 1. The summed E-state index contributed by atoms with van der Waals surface area (Å²) in [5.74, 6) is -0.988. The van der Waals surface area contributed by atoms with Gasteiger partial charge in [-0.25, -0.2) is 4.79 Å². The Morgan fingerprint density at radius 1 is 1.47 bits per heavy atom. The third-order valence-corrected chi connectivity index (χ3v) is 2.85. The van der Waals surface area contributed by atoms with Crippen LogP contribution in [-0.4, -0.2) is 20.6 Å². The third-order valence-electron chi connectivity index (χ3n) is 2.64. The second kappa shape index (κ2) is 4.59. The minimum Gasteiger partial charge on any atom is -0.477 e. The summed E-state index contributed by atoms with van der Waals surface area (Å²) in [6, 6.07) is 5.05. The smallest absolute Gasteiger partial charge is 0.352 e. The van der Waals surface area contributed by atoms with E-state index < -0.39 is 5.97 Å². The first-order chi connectivity index (χ1) is 8.09. The number of carbonyl (C=O) groups is 1. The average molecular weight is 251 g/mol. The predicted octanol–water partition coefficient (Wildman–Crippen LogP) is 2.84. The standard InChI is InChI=1S/C12H11ClN2O2/c1-8(9-2-4-14-5-3-9)15-7-10(13)6-11(15)12(16)17/h2-8H,1H3,(H,16,17). The van der Waals surface area contributed by atoms with E-state index in [1.165, 1.54) is 6.07 Å². The lowest BCUT2D eigenvalue weighted by atomic mass is 10.1. The molecule has 2 rings (SSSR count). The van der Waals surface area contributed by atoms with E-state index in [1.807, 2.05) is 19.1 Å². The van der Waals surface area contributed by atoms with Crippen molar-refractivity contribution in [1.82, 2.24) is 9.55 Å². The highest BCUT2D eigenvalue weighted by Crippen LogP contribution is 2.23. The molecule has 0 aliphatic carbocycles. The van der Waals surface area contributed by atoms with E-state index in [0.717, 1.165) is 5.56 Å². The number of hydrogen-bond donors (Lipinski definition) is 1. The fourth-order valence-electron chi connectivity index (χ4n) is 1.74. The number of aromatic nitrogens is 2. The van der Waals surface area contributed by atoms with Gasteiger partial charge in [0.25, 0.3) is 0 Å². The molecule has 0 fully saturated rings. The molecule has 0 amide bonds. The van der Waals surface area contributed by atoms with E-state index >= 15 is 0 Å². The molecule has 2 aromatic rings. The topological polar surface area (TPSA) is 55.1 Å². The van der Waals surface area contributed by atoms with Crippen LogP contribution in [0.3, 0.4) is 0 Å². The third kappa shape index (κ3) is 2.31. The molecule has 1 N–H and O–H groups in total. The molecule has 0 radical (unpaired) electrons. The van der Waals surface area contributed by atoms with Gasteiger partial charge in [-0.15, -0.1) is 0 Å². The van der Waals surface area contributed by atoms with E-state index in [2.05, 4.69) is 4.98 Å². The first-order valence-electron chi connectivity index (χ1n) is 5.10. The van der Waals surface area contributed by atoms with Crippen LogP contribution in [0, 0.1) is 0 Å². The zero-order chi connectivity index (χ0) is 12.4. The molecule has 2 heterocycles. The van der Waals surface area contributed by atoms with Crippen molar-refractivity contribution in [3.05, 3.63) is 53.1 Å². The van der Waals surface area contributed by atoms with Crippen molar-refractivity contribution >= 4 is 17.6 Å². The van der Waals surface area contributed by atoms with Crippen LogP contribution in [0.15, 0.2) is 36.8 Å².